The van der Waals surface area contributed by atoms with Gasteiger partial charge in [-0.1, -0.05) is 0 Å². The number of sulfone groups is 1. The molecule has 0 atom stereocenters. The Hall–Kier alpha value is -1.37. The van der Waals surface area contributed by atoms with Crippen molar-refractivity contribution in [3.63, 3.8) is 0 Å². The molecule has 1 heterocycles. The number of hydrogen-bond acceptors (Lipinski definition) is 6. The van der Waals surface area contributed by atoms with Crippen molar-refractivity contribution in [2.75, 3.05) is 35.7 Å². The minimum Gasteiger partial charge on any atom is -0.370 e. The van der Waals surface area contributed by atoms with Gasteiger partial charge in [0.25, 0.3) is 0 Å². The van der Waals surface area contributed by atoms with Crippen molar-refractivity contribution in [3.8, 4) is 0 Å². The number of aromatic nitrogens is 2. The molecule has 0 saturated heterocycles. The first-order chi connectivity index (χ1) is 8.40. The molecule has 0 saturated carbocycles. The molecule has 1 rings (SSSR count). The number of rotatable bonds is 7. The Bertz CT molecular complexity index is 488. The van der Waals surface area contributed by atoms with Crippen LogP contribution in [0.2, 0.25) is 0 Å². The first kappa shape index (κ1) is 14.7. The first-order valence-corrected chi connectivity index (χ1v) is 7.98. The number of aryl methyl sites for hydroxylation is 1. The monoisotopic (exact) mass is 272 g/mol. The van der Waals surface area contributed by atoms with E-state index in [1.54, 1.807) is 0 Å². The summed E-state index contributed by atoms with van der Waals surface area (Å²) < 4.78 is 21.9. The van der Waals surface area contributed by atoms with Gasteiger partial charge in [-0.3, -0.25) is 0 Å². The van der Waals surface area contributed by atoms with Crippen molar-refractivity contribution in [2.24, 2.45) is 0 Å². The maximum absolute atomic E-state index is 11.0. The number of nitrogens with one attached hydrogen (secondary N) is 2. The van der Waals surface area contributed by atoms with Crippen LogP contribution in [0.1, 0.15) is 19.2 Å². The summed E-state index contributed by atoms with van der Waals surface area (Å²) in [4.78, 5) is 8.47. The summed E-state index contributed by atoms with van der Waals surface area (Å²) in [7, 11) is -2.89. The van der Waals surface area contributed by atoms with E-state index in [9.17, 15) is 8.42 Å². The molecular formula is C11H20N4O2S. The molecule has 0 bridgehead atoms. The molecule has 0 unspecified atom stereocenters. The number of nitrogens with zero attached hydrogens (tertiary/aromatic N) is 2. The van der Waals surface area contributed by atoms with Gasteiger partial charge in [0.05, 0.1) is 5.75 Å². The SMILES string of the molecule is CCNc1cc(NCCCS(C)(=O)=O)nc(C)n1. The summed E-state index contributed by atoms with van der Waals surface area (Å²) in [6, 6.07) is 1.82. The Morgan fingerprint density at radius 2 is 1.83 bits per heavy atom. The highest BCUT2D eigenvalue weighted by Gasteiger charge is 2.03. The molecule has 1 aromatic heterocycles. The predicted octanol–water partition coefficient (Wildman–Crippen LogP) is 1.06. The van der Waals surface area contributed by atoms with Crippen LogP contribution in [-0.2, 0) is 9.84 Å². The highest BCUT2D eigenvalue weighted by molar-refractivity contribution is 7.90. The molecule has 0 radical (unpaired) electrons. The van der Waals surface area contributed by atoms with Gasteiger partial charge in [0.1, 0.15) is 27.3 Å². The maximum atomic E-state index is 11.0. The molecule has 0 aliphatic carbocycles. The van der Waals surface area contributed by atoms with E-state index >= 15 is 0 Å². The second-order valence-corrected chi connectivity index (χ2v) is 6.39. The summed E-state index contributed by atoms with van der Waals surface area (Å²) in [5.41, 5.74) is 0. The number of hydrogen-bond donors (Lipinski definition) is 2. The standard InChI is InChI=1S/C11H20N4O2S/c1-4-12-10-8-11(15-9(2)14-10)13-6-5-7-18(3,16)17/h8H,4-7H2,1-3H3,(H2,12,13,14,15). The van der Waals surface area contributed by atoms with Crippen LogP contribution in [-0.4, -0.2) is 43.5 Å². The van der Waals surface area contributed by atoms with Crippen LogP contribution in [0.5, 0.6) is 0 Å². The van der Waals surface area contributed by atoms with E-state index in [0.29, 0.717) is 24.6 Å². The molecule has 102 valence electrons. The maximum Gasteiger partial charge on any atom is 0.147 e. The third-order valence-corrected chi connectivity index (χ3v) is 3.22. The van der Waals surface area contributed by atoms with Gasteiger partial charge in [-0.25, -0.2) is 18.4 Å². The fourth-order valence-electron chi connectivity index (χ4n) is 1.48. The lowest BCUT2D eigenvalue weighted by atomic mass is 10.4. The second kappa shape index (κ2) is 6.53. The molecule has 2 N–H and O–H groups in total. The third-order valence-electron chi connectivity index (χ3n) is 2.19. The Labute approximate surface area is 108 Å². The number of anilines is 2. The Kier molecular flexibility index (Phi) is 5.33. The van der Waals surface area contributed by atoms with Crippen molar-refractivity contribution < 1.29 is 8.42 Å². The molecule has 7 heteroatoms. The normalized spacial score (nSPS) is 11.3. The van der Waals surface area contributed by atoms with Crippen LogP contribution in [0.3, 0.4) is 0 Å². The smallest absolute Gasteiger partial charge is 0.147 e. The van der Waals surface area contributed by atoms with Crippen molar-refractivity contribution in [1.82, 2.24) is 9.97 Å². The van der Waals surface area contributed by atoms with Crippen LogP contribution in [0.25, 0.3) is 0 Å². The van der Waals surface area contributed by atoms with Gasteiger partial charge in [0.2, 0.25) is 0 Å². The van der Waals surface area contributed by atoms with Crippen molar-refractivity contribution in [1.29, 1.82) is 0 Å². The Morgan fingerprint density at radius 3 is 2.39 bits per heavy atom. The van der Waals surface area contributed by atoms with E-state index in [-0.39, 0.29) is 5.75 Å². The summed E-state index contributed by atoms with van der Waals surface area (Å²) in [6.45, 7) is 5.19. The van der Waals surface area contributed by atoms with E-state index in [4.69, 9.17) is 0 Å². The lowest BCUT2D eigenvalue weighted by Crippen LogP contribution is -2.11. The van der Waals surface area contributed by atoms with Crippen molar-refractivity contribution >= 4 is 21.5 Å². The van der Waals surface area contributed by atoms with Gasteiger partial charge >= 0.3 is 0 Å². The molecule has 0 aliphatic rings. The zero-order chi connectivity index (χ0) is 13.6. The summed E-state index contributed by atoms with van der Waals surface area (Å²) >= 11 is 0. The first-order valence-electron chi connectivity index (χ1n) is 5.92. The van der Waals surface area contributed by atoms with Crippen LogP contribution >= 0.6 is 0 Å². The molecule has 0 fully saturated rings. The lowest BCUT2D eigenvalue weighted by molar-refractivity contribution is 0.600. The van der Waals surface area contributed by atoms with Crippen LogP contribution in [0.15, 0.2) is 6.07 Å². The Balaban J connectivity index is 2.51. The molecule has 0 amide bonds. The zero-order valence-corrected chi connectivity index (χ0v) is 11.8. The molecule has 6 nitrogen and oxygen atoms in total. The molecule has 0 aromatic carbocycles. The fourth-order valence-corrected chi connectivity index (χ4v) is 2.15. The van der Waals surface area contributed by atoms with Gasteiger partial charge in [0.15, 0.2) is 0 Å². The summed E-state index contributed by atoms with van der Waals surface area (Å²) in [6.07, 6.45) is 1.81. The van der Waals surface area contributed by atoms with E-state index < -0.39 is 9.84 Å². The average Bonchev–Trinajstić information content (AvgIpc) is 2.23. The van der Waals surface area contributed by atoms with Gasteiger partial charge in [-0.2, -0.15) is 0 Å². The van der Waals surface area contributed by atoms with Gasteiger partial charge in [0, 0.05) is 25.4 Å². The summed E-state index contributed by atoms with van der Waals surface area (Å²) in [5, 5.41) is 6.22. The highest BCUT2D eigenvalue weighted by atomic mass is 32.2. The van der Waals surface area contributed by atoms with Gasteiger partial charge in [-0.15, -0.1) is 0 Å². The minimum atomic E-state index is -2.89. The quantitative estimate of drug-likeness (QED) is 0.722. The summed E-state index contributed by atoms with van der Waals surface area (Å²) in [5.74, 6) is 2.35. The molecular weight excluding hydrogens is 252 g/mol. The fraction of sp³-hybridized carbons (Fsp3) is 0.636. The van der Waals surface area contributed by atoms with Crippen LogP contribution in [0.4, 0.5) is 11.6 Å². The van der Waals surface area contributed by atoms with Gasteiger partial charge < -0.3 is 10.6 Å². The average molecular weight is 272 g/mol. The second-order valence-electron chi connectivity index (χ2n) is 4.13. The van der Waals surface area contributed by atoms with Crippen LogP contribution < -0.4 is 10.6 Å². The van der Waals surface area contributed by atoms with Crippen molar-refractivity contribution in [2.45, 2.75) is 20.3 Å². The zero-order valence-electron chi connectivity index (χ0n) is 11.0. The molecule has 0 aliphatic heterocycles. The molecule has 1 aromatic rings. The highest BCUT2D eigenvalue weighted by Crippen LogP contribution is 2.10. The largest absolute Gasteiger partial charge is 0.370 e. The van der Waals surface area contributed by atoms with E-state index in [2.05, 4.69) is 20.6 Å². The minimum absolute atomic E-state index is 0.185. The van der Waals surface area contributed by atoms with E-state index in [1.165, 1.54) is 6.26 Å². The van der Waals surface area contributed by atoms with Crippen molar-refractivity contribution in [3.05, 3.63) is 11.9 Å². The van der Waals surface area contributed by atoms with Gasteiger partial charge in [-0.05, 0) is 20.3 Å². The molecule has 0 spiro atoms. The Morgan fingerprint density at radius 1 is 1.22 bits per heavy atom. The predicted molar refractivity (Wildman–Crippen MR) is 73.8 cm³/mol. The van der Waals surface area contributed by atoms with Crippen LogP contribution in [0, 0.1) is 6.92 Å². The third kappa shape index (κ3) is 5.81. The van der Waals surface area contributed by atoms with E-state index in [1.807, 2.05) is 19.9 Å². The topological polar surface area (TPSA) is 84.0 Å². The molecule has 18 heavy (non-hydrogen) atoms. The van der Waals surface area contributed by atoms with E-state index in [0.717, 1.165) is 12.4 Å². The lowest BCUT2D eigenvalue weighted by Gasteiger charge is -2.08.